The molecule has 1 saturated carbocycles. The quantitative estimate of drug-likeness (QED) is 0.815. The molecule has 0 unspecified atom stereocenters. The van der Waals surface area contributed by atoms with Gasteiger partial charge >= 0.3 is 5.97 Å². The van der Waals surface area contributed by atoms with E-state index >= 15 is 0 Å². The summed E-state index contributed by atoms with van der Waals surface area (Å²) in [6.45, 7) is 1.77. The third kappa shape index (κ3) is 3.58. The van der Waals surface area contributed by atoms with Gasteiger partial charge in [-0.3, -0.25) is 9.48 Å². The molecule has 1 fully saturated rings. The summed E-state index contributed by atoms with van der Waals surface area (Å²) >= 11 is 1.27. The number of nitrogens with one attached hydrogen (secondary N) is 1. The number of rotatable bonds is 4. The topological polar surface area (TPSA) is 97.1 Å². The highest BCUT2D eigenvalue weighted by molar-refractivity contribution is 7.17. The molecule has 3 rings (SSSR count). The lowest BCUT2D eigenvalue weighted by Crippen LogP contribution is -2.54. The molecule has 1 amide bonds. The first-order chi connectivity index (χ1) is 11.9. The molecule has 8 heteroatoms. The fourth-order valence-electron chi connectivity index (χ4n) is 3.26. The van der Waals surface area contributed by atoms with Crippen LogP contribution in [-0.4, -0.2) is 37.3 Å². The van der Waals surface area contributed by atoms with Crippen LogP contribution in [0.4, 0.5) is 0 Å². The number of carbonyl (C=O) groups is 2. The molecule has 7 nitrogen and oxygen atoms in total. The van der Waals surface area contributed by atoms with Crippen LogP contribution >= 0.6 is 11.3 Å². The summed E-state index contributed by atoms with van der Waals surface area (Å²) in [5, 5.41) is 17.4. The average Bonchev–Trinajstić information content (AvgIpc) is 3.07. The minimum Gasteiger partial charge on any atom is -0.480 e. The van der Waals surface area contributed by atoms with Gasteiger partial charge in [-0.25, -0.2) is 9.78 Å². The Labute approximate surface area is 150 Å². The number of aromatic nitrogens is 3. The molecule has 2 heterocycles. The molecule has 2 aromatic rings. The van der Waals surface area contributed by atoms with E-state index in [-0.39, 0.29) is 5.91 Å². The molecule has 1 aliphatic carbocycles. The Hall–Kier alpha value is -2.22. The van der Waals surface area contributed by atoms with Crippen LogP contribution in [0.5, 0.6) is 0 Å². The summed E-state index contributed by atoms with van der Waals surface area (Å²) in [6, 6.07) is 0. The first-order valence-electron chi connectivity index (χ1n) is 8.44. The highest BCUT2D eigenvalue weighted by atomic mass is 32.1. The molecular formula is C17H22N4O3S. The van der Waals surface area contributed by atoms with Crippen LogP contribution in [0.25, 0.3) is 10.6 Å². The zero-order valence-electron chi connectivity index (χ0n) is 14.4. The van der Waals surface area contributed by atoms with Gasteiger partial charge in [-0.1, -0.05) is 25.7 Å². The number of hydrogen-bond donors (Lipinski definition) is 2. The highest BCUT2D eigenvalue weighted by Crippen LogP contribution is 2.31. The van der Waals surface area contributed by atoms with Crippen LogP contribution in [0.15, 0.2) is 12.4 Å². The molecule has 1 aliphatic rings. The van der Waals surface area contributed by atoms with Crippen LogP contribution in [0, 0.1) is 6.92 Å². The Kier molecular flexibility index (Phi) is 4.89. The van der Waals surface area contributed by atoms with Crippen LogP contribution < -0.4 is 5.32 Å². The van der Waals surface area contributed by atoms with E-state index in [1.165, 1.54) is 11.3 Å². The van der Waals surface area contributed by atoms with Crippen molar-refractivity contribution in [2.75, 3.05) is 0 Å². The summed E-state index contributed by atoms with van der Waals surface area (Å²) in [4.78, 5) is 29.6. The highest BCUT2D eigenvalue weighted by Gasteiger charge is 2.40. The van der Waals surface area contributed by atoms with Gasteiger partial charge in [0.05, 0.1) is 11.9 Å². The molecule has 2 aromatic heterocycles. The van der Waals surface area contributed by atoms with Crippen molar-refractivity contribution in [3.8, 4) is 10.6 Å². The first-order valence-corrected chi connectivity index (χ1v) is 9.25. The van der Waals surface area contributed by atoms with Gasteiger partial charge in [0.1, 0.15) is 15.4 Å². The number of carbonyl (C=O) groups excluding carboxylic acids is 1. The van der Waals surface area contributed by atoms with E-state index < -0.39 is 11.5 Å². The normalized spacial score (nSPS) is 17.0. The summed E-state index contributed by atoms with van der Waals surface area (Å²) in [5.74, 6) is -1.30. The van der Waals surface area contributed by atoms with Crippen LogP contribution in [0.2, 0.25) is 0 Å². The summed E-state index contributed by atoms with van der Waals surface area (Å²) < 4.78 is 1.68. The maximum Gasteiger partial charge on any atom is 0.329 e. The average molecular weight is 362 g/mol. The zero-order valence-corrected chi connectivity index (χ0v) is 15.2. The van der Waals surface area contributed by atoms with Gasteiger partial charge in [0.25, 0.3) is 5.91 Å². The van der Waals surface area contributed by atoms with Gasteiger partial charge in [0.15, 0.2) is 0 Å². The second kappa shape index (κ2) is 6.95. The van der Waals surface area contributed by atoms with Gasteiger partial charge < -0.3 is 10.4 Å². The Morgan fingerprint density at radius 1 is 1.28 bits per heavy atom. The minimum absolute atomic E-state index is 0.352. The lowest BCUT2D eigenvalue weighted by molar-refractivity contribution is -0.145. The molecule has 0 atom stereocenters. The van der Waals surface area contributed by atoms with Crippen molar-refractivity contribution in [1.29, 1.82) is 0 Å². The van der Waals surface area contributed by atoms with E-state index in [1.807, 2.05) is 13.2 Å². The Bertz CT molecular complexity index is 788. The number of carboxylic acid groups (broad SMARTS) is 1. The molecule has 0 bridgehead atoms. The predicted octanol–water partition coefficient (Wildman–Crippen LogP) is 2.76. The lowest BCUT2D eigenvalue weighted by Gasteiger charge is -2.29. The minimum atomic E-state index is -1.17. The van der Waals surface area contributed by atoms with Crippen molar-refractivity contribution in [1.82, 2.24) is 20.1 Å². The Morgan fingerprint density at radius 2 is 1.96 bits per heavy atom. The van der Waals surface area contributed by atoms with E-state index in [9.17, 15) is 14.7 Å². The number of aliphatic carboxylic acids is 1. The molecule has 25 heavy (non-hydrogen) atoms. The second-order valence-electron chi connectivity index (χ2n) is 6.59. The van der Waals surface area contributed by atoms with Crippen LogP contribution in [0.3, 0.4) is 0 Å². The Balaban J connectivity index is 1.85. The molecule has 0 aliphatic heterocycles. The van der Waals surface area contributed by atoms with E-state index in [1.54, 1.807) is 17.8 Å². The van der Waals surface area contributed by atoms with E-state index in [0.29, 0.717) is 28.4 Å². The number of hydrogen-bond acceptors (Lipinski definition) is 5. The second-order valence-corrected chi connectivity index (χ2v) is 7.59. The third-order valence-electron chi connectivity index (χ3n) is 4.67. The monoisotopic (exact) mass is 362 g/mol. The van der Waals surface area contributed by atoms with Crippen molar-refractivity contribution in [3.63, 3.8) is 0 Å². The van der Waals surface area contributed by atoms with Crippen LogP contribution in [0.1, 0.15) is 53.9 Å². The SMILES string of the molecule is Cc1nc(-c2cnn(C)c2)sc1C(=O)NC1(C(=O)O)CCCCCC1. The van der Waals surface area contributed by atoms with Gasteiger partial charge in [0, 0.05) is 18.8 Å². The van der Waals surface area contributed by atoms with E-state index in [0.717, 1.165) is 31.2 Å². The standard InChI is InChI=1S/C17H22N4O3S/c1-11-13(25-15(19-11)12-9-18-21(2)10-12)14(22)20-17(16(23)24)7-5-3-4-6-8-17/h9-10H,3-8H2,1-2H3,(H,20,22)(H,23,24). The fourth-order valence-corrected chi connectivity index (χ4v) is 4.20. The fraction of sp³-hybridized carbons (Fsp3) is 0.529. The number of aryl methyl sites for hydroxylation is 2. The van der Waals surface area contributed by atoms with Gasteiger partial charge in [-0.15, -0.1) is 11.3 Å². The largest absolute Gasteiger partial charge is 0.480 e. The van der Waals surface area contributed by atoms with Crippen molar-refractivity contribution in [3.05, 3.63) is 23.0 Å². The summed E-state index contributed by atoms with van der Waals surface area (Å²) in [7, 11) is 1.82. The van der Waals surface area contributed by atoms with Crippen molar-refractivity contribution < 1.29 is 14.7 Å². The summed E-state index contributed by atoms with van der Waals surface area (Å²) in [5.41, 5.74) is 0.283. The molecule has 0 radical (unpaired) electrons. The van der Waals surface area contributed by atoms with E-state index in [4.69, 9.17) is 0 Å². The number of carboxylic acids is 1. The molecule has 2 N–H and O–H groups in total. The van der Waals surface area contributed by atoms with E-state index in [2.05, 4.69) is 15.4 Å². The number of amides is 1. The number of nitrogens with zero attached hydrogens (tertiary/aromatic N) is 3. The zero-order chi connectivity index (χ0) is 18.0. The van der Waals surface area contributed by atoms with Gasteiger partial charge in [-0.05, 0) is 19.8 Å². The molecular weight excluding hydrogens is 340 g/mol. The van der Waals surface area contributed by atoms with Crippen molar-refractivity contribution in [2.24, 2.45) is 7.05 Å². The smallest absolute Gasteiger partial charge is 0.329 e. The third-order valence-corrected chi connectivity index (χ3v) is 5.88. The van der Waals surface area contributed by atoms with Crippen LogP contribution in [-0.2, 0) is 11.8 Å². The molecule has 0 spiro atoms. The van der Waals surface area contributed by atoms with Gasteiger partial charge in [-0.2, -0.15) is 5.10 Å². The maximum atomic E-state index is 12.8. The summed E-state index contributed by atoms with van der Waals surface area (Å²) in [6.07, 6.45) is 8.13. The van der Waals surface area contributed by atoms with Gasteiger partial charge in [0.2, 0.25) is 0 Å². The number of thiazole rings is 1. The maximum absolute atomic E-state index is 12.8. The predicted molar refractivity (Wildman–Crippen MR) is 94.6 cm³/mol. The molecule has 134 valence electrons. The molecule has 0 saturated heterocycles. The first kappa shape index (κ1) is 17.6. The lowest BCUT2D eigenvalue weighted by atomic mass is 9.90. The van der Waals surface area contributed by atoms with Crippen molar-refractivity contribution >= 4 is 23.2 Å². The molecule has 0 aromatic carbocycles. The Morgan fingerprint density at radius 3 is 2.52 bits per heavy atom. The van der Waals surface area contributed by atoms with Crippen molar-refractivity contribution in [2.45, 2.75) is 51.0 Å².